The van der Waals surface area contributed by atoms with Crippen LogP contribution in [0.4, 0.5) is 0 Å². The fraction of sp³-hybridized carbons (Fsp3) is 0.0189. The van der Waals surface area contributed by atoms with Gasteiger partial charge in [0.2, 0.25) is 0 Å². The Morgan fingerprint density at radius 3 is 1.69 bits per heavy atom. The predicted molar refractivity (Wildman–Crippen MR) is 232 cm³/mol. The molecule has 0 saturated heterocycles. The molecule has 3 heterocycles. The number of rotatable bonds is 4. The average Bonchev–Trinajstić information content (AvgIpc) is 3.59. The van der Waals surface area contributed by atoms with E-state index in [4.69, 9.17) is 24.7 Å². The number of aromatic nitrogens is 4. The Hall–Kier alpha value is -7.76. The fourth-order valence-corrected chi connectivity index (χ4v) is 9.32. The quantitative estimate of drug-likeness (QED) is 0.180. The molecule has 1 aliphatic heterocycles. The molecule has 5 nitrogen and oxygen atoms in total. The van der Waals surface area contributed by atoms with Gasteiger partial charge >= 0.3 is 0 Å². The van der Waals surface area contributed by atoms with Crippen molar-refractivity contribution in [1.82, 2.24) is 19.9 Å². The van der Waals surface area contributed by atoms with Crippen LogP contribution in [-0.4, -0.2) is 19.9 Å². The SMILES string of the molecule is c1ccc(-c2nc(-c3ccc4c(c3)Oc3cc(-c5cccc6cccnc56)ccc3C43c4ccccc4-c4ccccc43)nc(-c3cccc4ccccc34)n2)cc1. The summed E-state index contributed by atoms with van der Waals surface area (Å²) < 4.78 is 7.13. The first-order valence-corrected chi connectivity index (χ1v) is 19.5. The van der Waals surface area contributed by atoms with Crippen LogP contribution in [0.3, 0.4) is 0 Å². The van der Waals surface area contributed by atoms with Crippen molar-refractivity contribution in [2.24, 2.45) is 0 Å². The smallest absolute Gasteiger partial charge is 0.164 e. The lowest BCUT2D eigenvalue weighted by Crippen LogP contribution is -2.32. The highest BCUT2D eigenvalue weighted by Crippen LogP contribution is 2.62. The van der Waals surface area contributed by atoms with E-state index in [1.165, 1.54) is 22.3 Å². The molecule has 2 aromatic heterocycles. The molecule has 1 aliphatic carbocycles. The average molecular weight is 741 g/mol. The Morgan fingerprint density at radius 1 is 0.362 bits per heavy atom. The van der Waals surface area contributed by atoms with Crippen LogP contribution in [0.15, 0.2) is 194 Å². The molecule has 2 aliphatic rings. The van der Waals surface area contributed by atoms with Crippen LogP contribution in [0.25, 0.3) is 78.1 Å². The van der Waals surface area contributed by atoms with Crippen molar-refractivity contribution in [2.75, 3.05) is 0 Å². The lowest BCUT2D eigenvalue weighted by molar-refractivity contribution is 0.437. The van der Waals surface area contributed by atoms with Gasteiger partial charge in [-0.3, -0.25) is 4.98 Å². The maximum Gasteiger partial charge on any atom is 0.164 e. The minimum absolute atomic E-state index is 0.575. The predicted octanol–water partition coefficient (Wildman–Crippen LogP) is 12.7. The zero-order valence-corrected chi connectivity index (χ0v) is 31.2. The zero-order chi connectivity index (χ0) is 38.2. The van der Waals surface area contributed by atoms with Gasteiger partial charge in [0.15, 0.2) is 17.5 Å². The Kier molecular flexibility index (Phi) is 7.07. The Bertz CT molecular complexity index is 3230. The van der Waals surface area contributed by atoms with E-state index in [2.05, 4.69) is 152 Å². The van der Waals surface area contributed by atoms with Gasteiger partial charge in [0, 0.05) is 45.0 Å². The highest BCUT2D eigenvalue weighted by Gasteiger charge is 2.51. The van der Waals surface area contributed by atoms with E-state index < -0.39 is 5.41 Å². The molecule has 0 unspecified atom stereocenters. The molecule has 0 atom stereocenters. The van der Waals surface area contributed by atoms with Gasteiger partial charge in [0.05, 0.1) is 10.9 Å². The first-order valence-electron chi connectivity index (χ1n) is 19.5. The second-order valence-electron chi connectivity index (χ2n) is 14.9. The van der Waals surface area contributed by atoms with Crippen LogP contribution in [-0.2, 0) is 5.41 Å². The topological polar surface area (TPSA) is 60.8 Å². The van der Waals surface area contributed by atoms with Crippen LogP contribution in [0, 0.1) is 0 Å². The molecule has 0 fully saturated rings. The van der Waals surface area contributed by atoms with Crippen molar-refractivity contribution in [3.63, 3.8) is 0 Å². The van der Waals surface area contributed by atoms with Crippen LogP contribution in [0.1, 0.15) is 22.3 Å². The van der Waals surface area contributed by atoms with Crippen molar-refractivity contribution in [3.8, 4) is 67.9 Å². The van der Waals surface area contributed by atoms with Crippen molar-refractivity contribution in [2.45, 2.75) is 5.41 Å². The molecule has 0 amide bonds. The van der Waals surface area contributed by atoms with Crippen molar-refractivity contribution < 1.29 is 4.74 Å². The molecule has 12 rings (SSSR count). The third-order valence-corrected chi connectivity index (χ3v) is 11.8. The second-order valence-corrected chi connectivity index (χ2v) is 14.9. The fourth-order valence-electron chi connectivity index (χ4n) is 9.32. The Balaban J connectivity index is 1.10. The molecule has 270 valence electrons. The van der Waals surface area contributed by atoms with Gasteiger partial charge in [0.25, 0.3) is 0 Å². The summed E-state index contributed by atoms with van der Waals surface area (Å²) in [6.45, 7) is 0. The van der Waals surface area contributed by atoms with Crippen LogP contribution in [0.5, 0.6) is 11.5 Å². The van der Waals surface area contributed by atoms with Crippen LogP contribution in [0.2, 0.25) is 0 Å². The number of nitrogens with zero attached hydrogens (tertiary/aromatic N) is 4. The number of ether oxygens (including phenoxy) is 1. The number of benzene rings is 8. The highest BCUT2D eigenvalue weighted by atomic mass is 16.5. The minimum Gasteiger partial charge on any atom is -0.457 e. The zero-order valence-electron chi connectivity index (χ0n) is 31.2. The van der Waals surface area contributed by atoms with E-state index in [1.807, 2.05) is 42.6 Å². The Labute approximate surface area is 335 Å². The summed E-state index contributed by atoms with van der Waals surface area (Å²) >= 11 is 0. The van der Waals surface area contributed by atoms with E-state index >= 15 is 0 Å². The first-order chi connectivity index (χ1) is 28.7. The standard InChI is InChI=1S/C53H32N4O/c1-2-14-35(15-3-1)50-55-51(57-52(56-50)42-23-10-16-33-13-4-5-19-38(33)42)37-27-29-46-48(32-37)58-47-31-36(39-22-11-17-34-18-12-30-54-49(34)39)26-28-45(47)53(46)43-24-8-6-20-40(43)41-21-7-9-25-44(41)53/h1-32H. The molecule has 0 N–H and O–H groups in total. The molecule has 8 aromatic carbocycles. The maximum atomic E-state index is 7.13. The third kappa shape index (κ3) is 4.77. The summed E-state index contributed by atoms with van der Waals surface area (Å²) in [6.07, 6.45) is 1.86. The van der Waals surface area contributed by atoms with Crippen molar-refractivity contribution in [3.05, 3.63) is 217 Å². The third-order valence-electron chi connectivity index (χ3n) is 11.8. The molecule has 0 saturated carbocycles. The van der Waals surface area contributed by atoms with Crippen molar-refractivity contribution >= 4 is 21.7 Å². The lowest BCUT2D eigenvalue weighted by atomic mass is 9.66. The first kappa shape index (κ1) is 32.5. The van der Waals surface area contributed by atoms with Gasteiger partial charge in [-0.15, -0.1) is 0 Å². The molecular formula is C53H32N4O. The minimum atomic E-state index is -0.618. The molecule has 10 aromatic rings. The summed E-state index contributed by atoms with van der Waals surface area (Å²) in [4.78, 5) is 20.2. The van der Waals surface area contributed by atoms with Gasteiger partial charge in [-0.1, -0.05) is 170 Å². The Morgan fingerprint density at radius 2 is 0.914 bits per heavy atom. The molecular weight excluding hydrogens is 709 g/mol. The van der Waals surface area contributed by atoms with Crippen LogP contribution < -0.4 is 4.74 Å². The molecule has 1 spiro atoms. The summed E-state index contributed by atoms with van der Waals surface area (Å²) in [5.41, 5.74) is 12.3. The molecule has 5 heteroatoms. The lowest BCUT2D eigenvalue weighted by Gasteiger charge is -2.39. The van der Waals surface area contributed by atoms with Gasteiger partial charge < -0.3 is 4.74 Å². The van der Waals surface area contributed by atoms with E-state index in [-0.39, 0.29) is 0 Å². The maximum absolute atomic E-state index is 7.13. The van der Waals surface area contributed by atoms with E-state index in [0.717, 1.165) is 72.1 Å². The number of hydrogen-bond donors (Lipinski definition) is 0. The highest BCUT2D eigenvalue weighted by molar-refractivity contribution is 5.96. The summed E-state index contributed by atoms with van der Waals surface area (Å²) in [7, 11) is 0. The number of para-hydroxylation sites is 1. The normalized spacial score (nSPS) is 13.1. The number of fused-ring (bicyclic) bond motifs is 11. The molecule has 58 heavy (non-hydrogen) atoms. The van der Waals surface area contributed by atoms with Crippen molar-refractivity contribution in [1.29, 1.82) is 0 Å². The largest absolute Gasteiger partial charge is 0.457 e. The van der Waals surface area contributed by atoms with E-state index in [9.17, 15) is 0 Å². The number of pyridine rings is 1. The molecule has 0 bridgehead atoms. The summed E-state index contributed by atoms with van der Waals surface area (Å²) in [5.74, 6) is 3.37. The van der Waals surface area contributed by atoms with Gasteiger partial charge in [-0.25, -0.2) is 15.0 Å². The second kappa shape index (κ2) is 12.6. The van der Waals surface area contributed by atoms with E-state index in [1.54, 1.807) is 0 Å². The van der Waals surface area contributed by atoms with Gasteiger partial charge in [0.1, 0.15) is 11.5 Å². The molecule has 0 radical (unpaired) electrons. The van der Waals surface area contributed by atoms with E-state index in [0.29, 0.717) is 17.5 Å². The number of hydrogen-bond acceptors (Lipinski definition) is 5. The van der Waals surface area contributed by atoms with Gasteiger partial charge in [-0.2, -0.15) is 0 Å². The van der Waals surface area contributed by atoms with Crippen LogP contribution >= 0.6 is 0 Å². The monoisotopic (exact) mass is 740 g/mol. The summed E-state index contributed by atoms with van der Waals surface area (Å²) in [5, 5.41) is 3.31. The van der Waals surface area contributed by atoms with Gasteiger partial charge in [-0.05, 0) is 56.8 Å². The summed E-state index contributed by atoms with van der Waals surface area (Å²) in [6, 6.07) is 65.9.